The molecule has 0 saturated carbocycles. The highest BCUT2D eigenvalue weighted by Crippen LogP contribution is 2.21. The summed E-state index contributed by atoms with van der Waals surface area (Å²) < 4.78 is 5.38. The molecule has 174 valence electrons. The molecule has 0 aliphatic carbocycles. The van der Waals surface area contributed by atoms with E-state index in [0.717, 1.165) is 37.7 Å². The van der Waals surface area contributed by atoms with E-state index in [4.69, 9.17) is 21.6 Å². The summed E-state index contributed by atoms with van der Waals surface area (Å²) in [5.41, 5.74) is 2.74. The number of hydrogen-bond acceptors (Lipinski definition) is 6. The fourth-order valence-electron chi connectivity index (χ4n) is 3.50. The third-order valence-electron chi connectivity index (χ3n) is 5.37. The van der Waals surface area contributed by atoms with Gasteiger partial charge in [-0.25, -0.2) is 0 Å². The topological polar surface area (TPSA) is 97.7 Å². The Kier molecular flexibility index (Phi) is 9.07. The number of nitrogens with zero attached hydrogens (tertiary/aromatic N) is 3. The highest BCUT2D eigenvalue weighted by molar-refractivity contribution is 6.32. The van der Waals surface area contributed by atoms with Gasteiger partial charge in [-0.05, 0) is 49.0 Å². The number of nitriles is 1. The van der Waals surface area contributed by atoms with Crippen LogP contribution in [-0.2, 0) is 14.3 Å². The lowest BCUT2D eigenvalue weighted by Crippen LogP contribution is -2.36. The van der Waals surface area contributed by atoms with E-state index < -0.39 is 0 Å². The number of rotatable bonds is 9. The number of anilines is 3. The van der Waals surface area contributed by atoms with Crippen molar-refractivity contribution in [3.8, 4) is 6.07 Å². The maximum atomic E-state index is 12.5. The van der Waals surface area contributed by atoms with Gasteiger partial charge in [0, 0.05) is 43.1 Å². The first-order valence-electron chi connectivity index (χ1n) is 10.9. The smallest absolute Gasteiger partial charge is 0.238 e. The molecule has 2 aromatic rings. The minimum absolute atomic E-state index is 0.129. The summed E-state index contributed by atoms with van der Waals surface area (Å²) in [6, 6.07) is 14.5. The van der Waals surface area contributed by atoms with Crippen molar-refractivity contribution in [2.24, 2.45) is 0 Å². The molecule has 8 nitrogen and oxygen atoms in total. The lowest BCUT2D eigenvalue weighted by molar-refractivity contribution is -0.119. The van der Waals surface area contributed by atoms with E-state index in [9.17, 15) is 9.59 Å². The van der Waals surface area contributed by atoms with Crippen LogP contribution in [0.3, 0.4) is 0 Å². The van der Waals surface area contributed by atoms with Crippen molar-refractivity contribution in [1.29, 1.82) is 5.26 Å². The Balaban J connectivity index is 1.44. The molecule has 2 N–H and O–H groups in total. The van der Waals surface area contributed by atoms with Gasteiger partial charge in [-0.1, -0.05) is 18.5 Å². The number of ether oxygens (including phenoxy) is 1. The van der Waals surface area contributed by atoms with Crippen LogP contribution in [0.5, 0.6) is 0 Å². The van der Waals surface area contributed by atoms with Crippen LogP contribution in [0.1, 0.15) is 18.9 Å². The van der Waals surface area contributed by atoms with Crippen LogP contribution < -0.4 is 15.5 Å². The number of amides is 2. The number of carbonyl (C=O) groups is 2. The number of hydrogen-bond donors (Lipinski definition) is 2. The van der Waals surface area contributed by atoms with Crippen molar-refractivity contribution in [1.82, 2.24) is 4.90 Å². The average Bonchev–Trinajstić information content (AvgIpc) is 2.83. The molecule has 0 unspecified atom stereocenters. The van der Waals surface area contributed by atoms with E-state index in [1.165, 1.54) is 0 Å². The van der Waals surface area contributed by atoms with Gasteiger partial charge in [-0.3, -0.25) is 14.5 Å². The zero-order valence-corrected chi connectivity index (χ0v) is 19.4. The first-order valence-corrected chi connectivity index (χ1v) is 11.3. The Morgan fingerprint density at radius 1 is 1.09 bits per heavy atom. The van der Waals surface area contributed by atoms with Crippen LogP contribution in [0.15, 0.2) is 42.5 Å². The molecule has 1 saturated heterocycles. The van der Waals surface area contributed by atoms with Gasteiger partial charge in [-0.15, -0.1) is 0 Å². The predicted molar refractivity (Wildman–Crippen MR) is 130 cm³/mol. The van der Waals surface area contributed by atoms with Gasteiger partial charge in [0.25, 0.3) is 0 Å². The number of morpholine rings is 1. The first-order chi connectivity index (χ1) is 16.0. The van der Waals surface area contributed by atoms with Gasteiger partial charge in [0.1, 0.15) is 6.07 Å². The van der Waals surface area contributed by atoms with E-state index in [1.54, 1.807) is 18.2 Å². The van der Waals surface area contributed by atoms with Crippen LogP contribution in [0, 0.1) is 11.3 Å². The van der Waals surface area contributed by atoms with Crippen LogP contribution in [0.25, 0.3) is 0 Å². The molecule has 0 spiro atoms. The van der Waals surface area contributed by atoms with Gasteiger partial charge in [-0.2, -0.15) is 5.26 Å². The lowest BCUT2D eigenvalue weighted by atomic mass is 10.2. The molecular weight excluding hydrogens is 442 g/mol. The Bertz CT molecular complexity index is 1000. The number of likely N-dealkylation sites (N-methyl/N-ethyl adjacent to an activating group) is 1. The summed E-state index contributed by atoms with van der Waals surface area (Å²) in [4.78, 5) is 28.9. The number of carbonyl (C=O) groups excluding carboxylic acids is 2. The quantitative estimate of drug-likeness (QED) is 0.584. The summed E-state index contributed by atoms with van der Waals surface area (Å²) >= 11 is 6.00. The molecule has 33 heavy (non-hydrogen) atoms. The molecule has 9 heteroatoms. The molecule has 0 atom stereocenters. The van der Waals surface area contributed by atoms with Crippen LogP contribution in [0.4, 0.5) is 17.1 Å². The molecule has 1 heterocycles. The Hall–Kier alpha value is -3.12. The molecule has 2 amide bonds. The van der Waals surface area contributed by atoms with Crippen LogP contribution in [0.2, 0.25) is 5.02 Å². The average molecular weight is 470 g/mol. The summed E-state index contributed by atoms with van der Waals surface area (Å²) in [6.07, 6.45) is 0.229. The predicted octanol–water partition coefficient (Wildman–Crippen LogP) is 3.34. The fraction of sp³-hybridized carbons (Fsp3) is 0.375. The molecule has 2 aromatic carbocycles. The van der Waals surface area contributed by atoms with E-state index in [2.05, 4.69) is 15.5 Å². The van der Waals surface area contributed by atoms with Gasteiger partial charge < -0.3 is 20.3 Å². The van der Waals surface area contributed by atoms with E-state index >= 15 is 0 Å². The molecule has 0 aromatic heterocycles. The fourth-order valence-corrected chi connectivity index (χ4v) is 3.72. The standard InChI is InChI=1S/C24H28ClN5O3/c1-2-29(10-9-23(31)28-20-4-3-18(16-26)22(25)15-20)17-24(32)27-19-5-7-21(8-6-19)30-11-13-33-14-12-30/h3-8,15H,2,9-14,17H2,1H3,(H,27,32)(H,28,31). The SMILES string of the molecule is CCN(CCC(=O)Nc1ccc(C#N)c(Cl)c1)CC(=O)Nc1ccc(N2CCOCC2)cc1. The highest BCUT2D eigenvalue weighted by atomic mass is 35.5. The molecular formula is C24H28ClN5O3. The molecule has 1 fully saturated rings. The molecule has 3 rings (SSSR count). The summed E-state index contributed by atoms with van der Waals surface area (Å²) in [5.74, 6) is -0.316. The van der Waals surface area contributed by atoms with Gasteiger partial charge in [0.05, 0.1) is 30.3 Å². The summed E-state index contributed by atoms with van der Waals surface area (Å²) in [5, 5.41) is 14.9. The van der Waals surface area contributed by atoms with E-state index in [0.29, 0.717) is 29.4 Å². The van der Waals surface area contributed by atoms with Crippen molar-refractivity contribution in [2.45, 2.75) is 13.3 Å². The molecule has 0 radical (unpaired) electrons. The maximum Gasteiger partial charge on any atom is 0.238 e. The Morgan fingerprint density at radius 3 is 2.39 bits per heavy atom. The summed E-state index contributed by atoms with van der Waals surface area (Å²) in [7, 11) is 0. The zero-order chi connectivity index (χ0) is 23.6. The first kappa shape index (κ1) is 24.5. The Morgan fingerprint density at radius 2 is 1.76 bits per heavy atom. The van der Waals surface area contributed by atoms with Crippen molar-refractivity contribution in [3.05, 3.63) is 53.1 Å². The second-order valence-corrected chi connectivity index (χ2v) is 8.08. The molecule has 0 bridgehead atoms. The monoisotopic (exact) mass is 469 g/mol. The Labute approximate surface area is 199 Å². The number of benzene rings is 2. The lowest BCUT2D eigenvalue weighted by Gasteiger charge is -2.29. The van der Waals surface area contributed by atoms with Gasteiger partial charge in [0.15, 0.2) is 0 Å². The zero-order valence-electron chi connectivity index (χ0n) is 18.6. The van der Waals surface area contributed by atoms with Gasteiger partial charge in [0.2, 0.25) is 11.8 Å². The van der Waals surface area contributed by atoms with Crippen molar-refractivity contribution in [3.63, 3.8) is 0 Å². The minimum atomic E-state index is -0.187. The number of nitrogens with one attached hydrogen (secondary N) is 2. The third-order valence-corrected chi connectivity index (χ3v) is 5.68. The minimum Gasteiger partial charge on any atom is -0.378 e. The summed E-state index contributed by atoms with van der Waals surface area (Å²) in [6.45, 7) is 6.40. The van der Waals surface area contributed by atoms with Crippen molar-refractivity contribution < 1.29 is 14.3 Å². The second kappa shape index (κ2) is 12.2. The molecule has 1 aliphatic rings. The van der Waals surface area contributed by atoms with E-state index in [1.807, 2.05) is 42.2 Å². The van der Waals surface area contributed by atoms with E-state index in [-0.39, 0.29) is 24.8 Å². The maximum absolute atomic E-state index is 12.5. The second-order valence-electron chi connectivity index (χ2n) is 7.67. The largest absolute Gasteiger partial charge is 0.378 e. The normalized spacial score (nSPS) is 13.5. The van der Waals surface area contributed by atoms with Gasteiger partial charge >= 0.3 is 0 Å². The molecule has 1 aliphatic heterocycles. The highest BCUT2D eigenvalue weighted by Gasteiger charge is 2.14. The number of halogens is 1. The van der Waals surface area contributed by atoms with Crippen LogP contribution in [-0.4, -0.2) is 62.7 Å². The third kappa shape index (κ3) is 7.46. The van der Waals surface area contributed by atoms with Crippen LogP contribution >= 0.6 is 11.6 Å². The van der Waals surface area contributed by atoms with Crippen molar-refractivity contribution in [2.75, 3.05) is 61.5 Å². The van der Waals surface area contributed by atoms with Crippen molar-refractivity contribution >= 4 is 40.5 Å².